The number of aryl methyl sites for hydroxylation is 3. The Labute approximate surface area is 267 Å². The van der Waals surface area contributed by atoms with Gasteiger partial charge in [-0.25, -0.2) is 9.18 Å². The van der Waals surface area contributed by atoms with Crippen molar-refractivity contribution in [1.29, 1.82) is 0 Å². The van der Waals surface area contributed by atoms with E-state index in [1.165, 1.54) is 30.4 Å². The van der Waals surface area contributed by atoms with Crippen LogP contribution in [0.1, 0.15) is 98.2 Å². The molecule has 2 fully saturated rings. The summed E-state index contributed by atoms with van der Waals surface area (Å²) in [5, 5.41) is 10.5. The van der Waals surface area contributed by atoms with Gasteiger partial charge in [-0.3, -0.25) is 9.88 Å². The number of benzene rings is 2. The number of halogens is 1. The molecular weight excluding hydrogens is 565 g/mol. The molecule has 0 amide bonds. The first-order chi connectivity index (χ1) is 21.3. The number of piperidine rings is 1. The molecule has 1 saturated heterocycles. The number of fused-ring (bicyclic) bond motifs is 1. The van der Waals surface area contributed by atoms with E-state index in [4.69, 9.17) is 9.72 Å². The molecule has 2 aromatic carbocycles. The summed E-state index contributed by atoms with van der Waals surface area (Å²) in [5.41, 5.74) is 9.99. The Morgan fingerprint density at radius 2 is 1.73 bits per heavy atom. The minimum atomic E-state index is -1.12. The predicted molar refractivity (Wildman–Crippen MR) is 177 cm³/mol. The number of aromatic nitrogens is 1. The third-order valence-electron chi connectivity index (χ3n) is 10.4. The van der Waals surface area contributed by atoms with Gasteiger partial charge in [0.25, 0.3) is 0 Å². The number of carboxylic acid groups (broad SMARTS) is 1. The van der Waals surface area contributed by atoms with E-state index in [-0.39, 0.29) is 5.82 Å². The Bertz CT molecular complexity index is 1600. The first-order valence-corrected chi connectivity index (χ1v) is 16.6. The fourth-order valence-electron chi connectivity index (χ4n) is 7.78. The average Bonchev–Trinajstić information content (AvgIpc) is 2.96. The fraction of sp³-hybridized carbons (Fsp3) is 0.526. The number of pyridine rings is 1. The Balaban J connectivity index is 1.39. The van der Waals surface area contributed by atoms with Crippen molar-refractivity contribution in [2.24, 2.45) is 5.41 Å². The lowest BCUT2D eigenvalue weighted by atomic mass is 9.63. The van der Waals surface area contributed by atoms with Crippen molar-refractivity contribution in [2.75, 3.05) is 24.5 Å². The van der Waals surface area contributed by atoms with E-state index < -0.39 is 17.7 Å². The minimum Gasteiger partial charge on any atom is -0.479 e. The minimum absolute atomic E-state index is 0.192. The van der Waals surface area contributed by atoms with Crippen LogP contribution in [0.3, 0.4) is 0 Å². The Morgan fingerprint density at radius 3 is 2.36 bits per heavy atom. The number of carboxylic acids is 1. The number of hydrogen-bond donors (Lipinski definition) is 1. The van der Waals surface area contributed by atoms with Crippen LogP contribution in [0.5, 0.6) is 0 Å². The SMILES string of the molecule is Cc1cc(F)ccc1CN1CCc2cc(-c3c(C)nc(C)c([C@H](OC(C)(C)C)C(=O)O)c3N3CCC4(CCC4)CC3)ccc2C1. The van der Waals surface area contributed by atoms with Crippen LogP contribution >= 0.6 is 0 Å². The molecule has 3 aliphatic rings. The highest BCUT2D eigenvalue weighted by Gasteiger charge is 2.42. The van der Waals surface area contributed by atoms with Gasteiger partial charge in [-0.2, -0.15) is 0 Å². The highest BCUT2D eigenvalue weighted by Crippen LogP contribution is 2.51. The number of rotatable bonds is 7. The second-order valence-electron chi connectivity index (χ2n) is 14.7. The van der Waals surface area contributed by atoms with Gasteiger partial charge in [0.15, 0.2) is 6.10 Å². The van der Waals surface area contributed by atoms with Gasteiger partial charge < -0.3 is 14.7 Å². The maximum absolute atomic E-state index is 13.7. The van der Waals surface area contributed by atoms with E-state index in [2.05, 4.69) is 34.9 Å². The molecule has 240 valence electrons. The van der Waals surface area contributed by atoms with Crippen LogP contribution < -0.4 is 4.90 Å². The third kappa shape index (κ3) is 6.52. The van der Waals surface area contributed by atoms with Gasteiger partial charge in [-0.15, -0.1) is 0 Å². The normalized spacial score (nSPS) is 18.9. The summed E-state index contributed by atoms with van der Waals surface area (Å²) in [6.07, 6.45) is 6.01. The van der Waals surface area contributed by atoms with Crippen LogP contribution in [0, 0.1) is 32.0 Å². The molecule has 0 radical (unpaired) electrons. The van der Waals surface area contributed by atoms with Crippen LogP contribution in [0.25, 0.3) is 11.1 Å². The van der Waals surface area contributed by atoms with Gasteiger partial charge in [0.05, 0.1) is 11.3 Å². The zero-order chi connectivity index (χ0) is 32.1. The van der Waals surface area contributed by atoms with Crippen LogP contribution in [0.4, 0.5) is 10.1 Å². The van der Waals surface area contributed by atoms with E-state index in [1.54, 1.807) is 12.1 Å². The zero-order valence-corrected chi connectivity index (χ0v) is 27.8. The summed E-state index contributed by atoms with van der Waals surface area (Å²) in [4.78, 5) is 22.7. The van der Waals surface area contributed by atoms with E-state index in [0.717, 1.165) is 91.3 Å². The van der Waals surface area contributed by atoms with E-state index in [0.29, 0.717) is 11.0 Å². The van der Waals surface area contributed by atoms with Gasteiger partial charge in [0.2, 0.25) is 0 Å². The standard InChI is InChI=1S/C38H48FN3O3/c1-24-20-31(39)11-10-29(24)22-41-17-12-27-21-28(8-9-30(27)23-41)32-25(2)40-26(3)33(35(36(43)44)45-37(4,5)6)34(32)42-18-15-38(16-19-42)13-7-14-38/h8-11,20-21,35H,7,12-19,22-23H2,1-6H3,(H,43,44)/t35-/m0/s1. The van der Waals surface area contributed by atoms with Crippen LogP contribution in [-0.4, -0.2) is 46.2 Å². The summed E-state index contributed by atoms with van der Waals surface area (Å²) >= 11 is 0. The molecular formula is C38H48FN3O3. The molecule has 1 aliphatic carbocycles. The number of hydrogen-bond acceptors (Lipinski definition) is 5. The monoisotopic (exact) mass is 613 g/mol. The number of carbonyl (C=O) groups is 1. The smallest absolute Gasteiger partial charge is 0.337 e. The molecule has 2 aliphatic heterocycles. The Hall–Kier alpha value is -3.29. The largest absolute Gasteiger partial charge is 0.479 e. The molecule has 0 bridgehead atoms. The van der Waals surface area contributed by atoms with Crippen LogP contribution in [-0.2, 0) is 29.0 Å². The van der Waals surface area contributed by atoms with Crippen LogP contribution in [0.15, 0.2) is 36.4 Å². The summed E-state index contributed by atoms with van der Waals surface area (Å²) < 4.78 is 20.0. The van der Waals surface area contributed by atoms with Crippen molar-refractivity contribution in [1.82, 2.24) is 9.88 Å². The molecule has 45 heavy (non-hydrogen) atoms. The van der Waals surface area contributed by atoms with Crippen molar-refractivity contribution in [2.45, 2.75) is 105 Å². The molecule has 3 aromatic rings. The van der Waals surface area contributed by atoms with Gasteiger partial charge in [0.1, 0.15) is 5.82 Å². The first kappa shape index (κ1) is 31.7. The van der Waals surface area contributed by atoms with Gasteiger partial charge in [-0.05, 0) is 119 Å². The van der Waals surface area contributed by atoms with Crippen molar-refractivity contribution < 1.29 is 19.0 Å². The molecule has 1 atom stereocenters. The lowest BCUT2D eigenvalue weighted by Gasteiger charge is -2.49. The fourth-order valence-corrected chi connectivity index (χ4v) is 7.78. The number of ether oxygens (including phenoxy) is 1. The van der Waals surface area contributed by atoms with Gasteiger partial charge in [-0.1, -0.05) is 30.7 Å². The lowest BCUT2D eigenvalue weighted by molar-refractivity contribution is -0.160. The summed E-state index contributed by atoms with van der Waals surface area (Å²) in [5.74, 6) is -1.18. The second-order valence-corrected chi connectivity index (χ2v) is 14.7. The maximum atomic E-state index is 13.7. The molecule has 3 heterocycles. The van der Waals surface area contributed by atoms with Crippen molar-refractivity contribution in [3.05, 3.63) is 81.4 Å². The van der Waals surface area contributed by atoms with E-state index >= 15 is 0 Å². The number of nitrogens with zero attached hydrogens (tertiary/aromatic N) is 3. The number of aliphatic carboxylic acids is 1. The Morgan fingerprint density at radius 1 is 1.00 bits per heavy atom. The summed E-state index contributed by atoms with van der Waals surface area (Å²) in [7, 11) is 0. The third-order valence-corrected chi connectivity index (χ3v) is 10.4. The second kappa shape index (κ2) is 12.1. The Kier molecular flexibility index (Phi) is 8.55. The highest BCUT2D eigenvalue weighted by molar-refractivity contribution is 5.88. The molecule has 1 N–H and O–H groups in total. The quantitative estimate of drug-likeness (QED) is 0.291. The average molecular weight is 614 g/mol. The summed E-state index contributed by atoms with van der Waals surface area (Å²) in [6, 6.07) is 11.8. The van der Waals surface area contributed by atoms with Crippen molar-refractivity contribution >= 4 is 11.7 Å². The van der Waals surface area contributed by atoms with Gasteiger partial charge >= 0.3 is 5.97 Å². The van der Waals surface area contributed by atoms with Gasteiger partial charge in [0, 0.05) is 55.2 Å². The van der Waals surface area contributed by atoms with E-state index in [1.807, 2.05) is 40.7 Å². The topological polar surface area (TPSA) is 65.9 Å². The van der Waals surface area contributed by atoms with Crippen molar-refractivity contribution in [3.63, 3.8) is 0 Å². The lowest BCUT2D eigenvalue weighted by Crippen LogP contribution is -2.44. The molecule has 6 rings (SSSR count). The molecule has 1 spiro atoms. The molecule has 7 heteroatoms. The molecule has 1 aromatic heterocycles. The maximum Gasteiger partial charge on any atom is 0.337 e. The van der Waals surface area contributed by atoms with Crippen molar-refractivity contribution in [3.8, 4) is 11.1 Å². The molecule has 0 unspecified atom stereocenters. The molecule has 1 saturated carbocycles. The highest BCUT2D eigenvalue weighted by atomic mass is 19.1. The summed E-state index contributed by atoms with van der Waals surface area (Å²) in [6.45, 7) is 16.1. The predicted octanol–water partition coefficient (Wildman–Crippen LogP) is 8.08. The zero-order valence-electron chi connectivity index (χ0n) is 27.8. The first-order valence-electron chi connectivity index (χ1n) is 16.6. The van der Waals surface area contributed by atoms with Crippen LogP contribution in [0.2, 0.25) is 0 Å². The van der Waals surface area contributed by atoms with E-state index in [9.17, 15) is 14.3 Å². The molecule has 6 nitrogen and oxygen atoms in total. The number of anilines is 1.